The van der Waals surface area contributed by atoms with Gasteiger partial charge >= 0.3 is 0 Å². The molecule has 0 saturated carbocycles. The first-order chi connectivity index (χ1) is 9.29. The van der Waals surface area contributed by atoms with E-state index in [0.717, 1.165) is 0 Å². The van der Waals surface area contributed by atoms with Crippen LogP contribution in [0, 0.1) is 26.6 Å². The fourth-order valence-corrected chi connectivity index (χ4v) is 2.70. The van der Waals surface area contributed by atoms with Crippen LogP contribution in [0.1, 0.15) is 22.9 Å². The Bertz CT molecular complexity index is 719. The Morgan fingerprint density at radius 3 is 2.55 bits per heavy atom. The summed E-state index contributed by atoms with van der Waals surface area (Å²) in [5, 5.41) is 0. The van der Waals surface area contributed by atoms with Gasteiger partial charge in [0.15, 0.2) is 0 Å². The lowest BCUT2D eigenvalue weighted by Gasteiger charge is -2.06. The van der Waals surface area contributed by atoms with Crippen molar-refractivity contribution in [3.05, 3.63) is 46.9 Å². The first-order valence-corrected chi connectivity index (χ1v) is 7.46. The number of hydrogen-bond donors (Lipinski definition) is 1. The highest BCUT2D eigenvalue weighted by Gasteiger charge is 2.19. The standard InChI is InChI=1S/C13H15FN2O3S/c1-8-4-5-12(11(14)6-8)20(17,18)15-7-13-16-9(2)10(3)19-13/h4-6,15H,7H2,1-3H3. The second-order valence-corrected chi connectivity index (χ2v) is 6.24. The van der Waals surface area contributed by atoms with Crippen molar-refractivity contribution in [2.75, 3.05) is 0 Å². The Hall–Kier alpha value is -1.73. The van der Waals surface area contributed by atoms with Crippen LogP contribution in [0.5, 0.6) is 0 Å². The predicted octanol–water partition coefficient (Wildman–Crippen LogP) is 2.22. The van der Waals surface area contributed by atoms with Crippen molar-refractivity contribution < 1.29 is 17.2 Å². The molecule has 0 fully saturated rings. The van der Waals surface area contributed by atoms with E-state index in [2.05, 4.69) is 9.71 Å². The molecule has 0 bridgehead atoms. The highest BCUT2D eigenvalue weighted by Crippen LogP contribution is 2.16. The average Bonchev–Trinajstić information content (AvgIpc) is 2.66. The SMILES string of the molecule is Cc1ccc(S(=O)(=O)NCc2nc(C)c(C)o2)c(F)c1. The molecule has 0 unspecified atom stereocenters. The third kappa shape index (κ3) is 3.05. The van der Waals surface area contributed by atoms with Crippen LogP contribution in [0.25, 0.3) is 0 Å². The fourth-order valence-electron chi connectivity index (χ4n) is 1.67. The summed E-state index contributed by atoms with van der Waals surface area (Å²) in [4.78, 5) is 3.67. The predicted molar refractivity (Wildman–Crippen MR) is 71.1 cm³/mol. The summed E-state index contributed by atoms with van der Waals surface area (Å²) in [7, 11) is -3.93. The molecule has 0 aliphatic carbocycles. The van der Waals surface area contributed by atoms with Gasteiger partial charge in [-0.1, -0.05) is 6.07 Å². The molecule has 1 heterocycles. The molecule has 0 radical (unpaired) electrons. The Labute approximate surface area is 116 Å². The largest absolute Gasteiger partial charge is 0.444 e. The zero-order chi connectivity index (χ0) is 14.9. The summed E-state index contributed by atoms with van der Waals surface area (Å²) >= 11 is 0. The number of sulfonamides is 1. The van der Waals surface area contributed by atoms with Crippen LogP contribution in [0.2, 0.25) is 0 Å². The van der Waals surface area contributed by atoms with E-state index < -0.39 is 15.8 Å². The van der Waals surface area contributed by atoms with Gasteiger partial charge in [0.25, 0.3) is 0 Å². The number of rotatable bonds is 4. The maximum absolute atomic E-state index is 13.7. The third-order valence-corrected chi connectivity index (χ3v) is 4.30. The van der Waals surface area contributed by atoms with Crippen molar-refractivity contribution >= 4 is 10.0 Å². The fraction of sp³-hybridized carbons (Fsp3) is 0.308. The van der Waals surface area contributed by atoms with E-state index in [4.69, 9.17) is 4.42 Å². The minimum Gasteiger partial charge on any atom is -0.444 e. The summed E-state index contributed by atoms with van der Waals surface area (Å²) in [5.41, 5.74) is 1.35. The van der Waals surface area contributed by atoms with E-state index in [1.165, 1.54) is 18.2 Å². The van der Waals surface area contributed by atoms with Gasteiger partial charge in [0.05, 0.1) is 12.2 Å². The number of hydrogen-bond acceptors (Lipinski definition) is 4. The number of halogens is 1. The summed E-state index contributed by atoms with van der Waals surface area (Å²) < 4.78 is 45.2. The molecule has 0 aliphatic heterocycles. The van der Waals surface area contributed by atoms with Crippen LogP contribution < -0.4 is 4.72 Å². The third-order valence-electron chi connectivity index (χ3n) is 2.86. The summed E-state index contributed by atoms with van der Waals surface area (Å²) in [6.07, 6.45) is 0. The van der Waals surface area contributed by atoms with E-state index in [1.807, 2.05) is 0 Å². The lowest BCUT2D eigenvalue weighted by molar-refractivity contribution is 0.462. The van der Waals surface area contributed by atoms with E-state index in [0.29, 0.717) is 17.0 Å². The average molecular weight is 298 g/mol. The van der Waals surface area contributed by atoms with E-state index >= 15 is 0 Å². The van der Waals surface area contributed by atoms with Crippen LogP contribution in [0.4, 0.5) is 4.39 Å². The Morgan fingerprint density at radius 1 is 1.30 bits per heavy atom. The lowest BCUT2D eigenvalue weighted by atomic mass is 10.2. The first kappa shape index (κ1) is 14.7. The van der Waals surface area contributed by atoms with Crippen LogP contribution in [0.15, 0.2) is 27.5 Å². The smallest absolute Gasteiger partial charge is 0.243 e. The minimum atomic E-state index is -3.93. The van der Waals surface area contributed by atoms with Crippen molar-refractivity contribution in [2.24, 2.45) is 0 Å². The quantitative estimate of drug-likeness (QED) is 0.939. The van der Waals surface area contributed by atoms with E-state index in [9.17, 15) is 12.8 Å². The van der Waals surface area contributed by atoms with Gasteiger partial charge in [-0.15, -0.1) is 0 Å². The monoisotopic (exact) mass is 298 g/mol. The normalized spacial score (nSPS) is 11.8. The molecule has 0 aliphatic rings. The Kier molecular flexibility index (Phi) is 3.92. The molecule has 1 N–H and O–H groups in total. The number of oxazole rings is 1. The molecule has 0 atom stereocenters. The van der Waals surface area contributed by atoms with Gasteiger partial charge in [-0.05, 0) is 38.5 Å². The summed E-state index contributed by atoms with van der Waals surface area (Å²) in [6, 6.07) is 3.95. The number of nitrogens with one attached hydrogen (secondary N) is 1. The molecule has 2 rings (SSSR count). The molecule has 20 heavy (non-hydrogen) atoms. The van der Waals surface area contributed by atoms with Gasteiger partial charge in [0, 0.05) is 0 Å². The molecule has 0 spiro atoms. The van der Waals surface area contributed by atoms with Gasteiger partial charge in [-0.25, -0.2) is 22.5 Å². The number of aryl methyl sites for hydroxylation is 3. The Balaban J connectivity index is 2.19. The Morgan fingerprint density at radius 2 is 2.00 bits per heavy atom. The zero-order valence-electron chi connectivity index (χ0n) is 11.4. The molecule has 108 valence electrons. The van der Waals surface area contributed by atoms with E-state index in [-0.39, 0.29) is 17.3 Å². The van der Waals surface area contributed by atoms with Gasteiger partial charge in [0.2, 0.25) is 15.9 Å². The molecular weight excluding hydrogens is 283 g/mol. The van der Waals surface area contributed by atoms with Crippen LogP contribution in [-0.4, -0.2) is 13.4 Å². The summed E-state index contributed by atoms with van der Waals surface area (Å²) in [6.45, 7) is 5.06. The van der Waals surface area contributed by atoms with Crippen LogP contribution >= 0.6 is 0 Å². The molecule has 7 heteroatoms. The first-order valence-electron chi connectivity index (χ1n) is 5.98. The molecular formula is C13H15FN2O3S. The van der Waals surface area contributed by atoms with Gasteiger partial charge < -0.3 is 4.42 Å². The van der Waals surface area contributed by atoms with Crippen LogP contribution in [-0.2, 0) is 16.6 Å². The molecule has 0 amide bonds. The molecule has 0 saturated heterocycles. The maximum atomic E-state index is 13.7. The van der Waals surface area contributed by atoms with Crippen molar-refractivity contribution in [3.8, 4) is 0 Å². The molecule has 1 aromatic heterocycles. The van der Waals surface area contributed by atoms with Crippen LogP contribution in [0.3, 0.4) is 0 Å². The molecule has 2 aromatic rings. The van der Waals surface area contributed by atoms with Crippen molar-refractivity contribution in [1.29, 1.82) is 0 Å². The molecule has 5 nitrogen and oxygen atoms in total. The number of nitrogens with zero attached hydrogens (tertiary/aromatic N) is 1. The summed E-state index contributed by atoms with van der Waals surface area (Å²) in [5.74, 6) is 0.0917. The van der Waals surface area contributed by atoms with Crippen molar-refractivity contribution in [1.82, 2.24) is 9.71 Å². The van der Waals surface area contributed by atoms with Crippen molar-refractivity contribution in [3.63, 3.8) is 0 Å². The maximum Gasteiger partial charge on any atom is 0.243 e. The zero-order valence-corrected chi connectivity index (χ0v) is 12.2. The van der Waals surface area contributed by atoms with Gasteiger partial charge in [0.1, 0.15) is 16.5 Å². The number of aromatic nitrogens is 1. The highest BCUT2D eigenvalue weighted by molar-refractivity contribution is 7.89. The second kappa shape index (κ2) is 5.34. The van der Waals surface area contributed by atoms with Gasteiger partial charge in [-0.3, -0.25) is 0 Å². The van der Waals surface area contributed by atoms with Crippen molar-refractivity contribution in [2.45, 2.75) is 32.2 Å². The minimum absolute atomic E-state index is 0.121. The lowest BCUT2D eigenvalue weighted by Crippen LogP contribution is -2.24. The number of benzene rings is 1. The molecule has 1 aromatic carbocycles. The topological polar surface area (TPSA) is 72.2 Å². The second-order valence-electron chi connectivity index (χ2n) is 4.51. The van der Waals surface area contributed by atoms with Gasteiger partial charge in [-0.2, -0.15) is 0 Å². The van der Waals surface area contributed by atoms with E-state index in [1.54, 1.807) is 20.8 Å². The highest BCUT2D eigenvalue weighted by atomic mass is 32.2.